The molecule has 34 heavy (non-hydrogen) atoms. The average Bonchev–Trinajstić information content (AvgIpc) is 2.80. The molecule has 0 aromatic rings. The predicted octanol–water partition coefficient (Wildman–Crippen LogP) is 4.72. The predicted molar refractivity (Wildman–Crippen MR) is 135 cm³/mol. The summed E-state index contributed by atoms with van der Waals surface area (Å²) in [5.74, 6) is 0. The maximum atomic E-state index is 5.24. The number of rotatable bonds is 23. The minimum atomic E-state index is -0.315. The monoisotopic (exact) mass is 500 g/mol. The summed E-state index contributed by atoms with van der Waals surface area (Å²) in [6.07, 6.45) is 5.15. The standard InChI is InChI=1S/C12H26O5.C12H26O4.CH4/c1-5-6-7-16-17-11-12(8-13-2,9-14-3)10-15-4;1-5-7-8-15-16-11-12(6-2,9-13-3)10-14-4;/h5-11H2,1-4H3;5-11H2,1-4H3;1H4. The molecule has 0 saturated heterocycles. The Hall–Kier alpha value is -0.360. The molecule has 0 unspecified atom stereocenters. The van der Waals surface area contributed by atoms with E-state index < -0.39 is 0 Å². The smallest absolute Gasteiger partial charge is 0.0945 e. The Kier molecular flexibility index (Phi) is 30.6. The van der Waals surface area contributed by atoms with E-state index >= 15 is 0 Å². The van der Waals surface area contributed by atoms with Crippen LogP contribution in [0.3, 0.4) is 0 Å². The van der Waals surface area contributed by atoms with E-state index in [1.54, 1.807) is 35.5 Å². The Morgan fingerprint density at radius 1 is 0.441 bits per heavy atom. The zero-order valence-electron chi connectivity index (χ0n) is 22.6. The molecule has 0 aliphatic carbocycles. The second-order valence-corrected chi connectivity index (χ2v) is 8.39. The molecule has 0 N–H and O–H groups in total. The zero-order valence-corrected chi connectivity index (χ0v) is 22.6. The maximum absolute atomic E-state index is 5.24. The lowest BCUT2D eigenvalue weighted by Crippen LogP contribution is -2.40. The van der Waals surface area contributed by atoms with Gasteiger partial charge >= 0.3 is 0 Å². The van der Waals surface area contributed by atoms with Crippen LogP contribution >= 0.6 is 0 Å². The molecule has 0 aliphatic rings. The minimum absolute atomic E-state index is 0. The van der Waals surface area contributed by atoms with Crippen LogP contribution in [0.1, 0.15) is 60.3 Å². The lowest BCUT2D eigenvalue weighted by atomic mass is 9.88. The molecule has 0 aromatic carbocycles. The van der Waals surface area contributed by atoms with E-state index in [1.165, 1.54) is 0 Å². The summed E-state index contributed by atoms with van der Waals surface area (Å²) in [5.41, 5.74) is -0.416. The SMILES string of the molecule is C.CCCCOOCC(CC)(COC)COC.CCCCOOCC(COC)(COC)COC. The molecule has 9 nitrogen and oxygen atoms in total. The van der Waals surface area contributed by atoms with E-state index in [1.807, 2.05) is 0 Å². The van der Waals surface area contributed by atoms with Crippen LogP contribution in [0.15, 0.2) is 0 Å². The Morgan fingerprint density at radius 3 is 1.06 bits per heavy atom. The summed E-state index contributed by atoms with van der Waals surface area (Å²) in [7, 11) is 8.34. The zero-order chi connectivity index (χ0) is 25.3. The van der Waals surface area contributed by atoms with Gasteiger partial charge in [0.2, 0.25) is 0 Å². The summed E-state index contributed by atoms with van der Waals surface area (Å²) in [4.78, 5) is 20.7. The molecule has 0 spiro atoms. The molecular weight excluding hydrogens is 444 g/mol. The third-order valence-electron chi connectivity index (χ3n) is 5.06. The largest absolute Gasteiger partial charge is 0.384 e. The van der Waals surface area contributed by atoms with E-state index in [2.05, 4.69) is 20.8 Å². The van der Waals surface area contributed by atoms with Crippen LogP contribution in [0, 0.1) is 10.8 Å². The Morgan fingerprint density at radius 2 is 0.765 bits per heavy atom. The number of methoxy groups -OCH3 is 5. The molecule has 0 fully saturated rings. The van der Waals surface area contributed by atoms with Crippen molar-refractivity contribution in [3.8, 4) is 0 Å². The highest BCUT2D eigenvalue weighted by atomic mass is 17.2. The topological polar surface area (TPSA) is 83.1 Å². The number of hydrogen-bond donors (Lipinski definition) is 0. The number of hydrogen-bond acceptors (Lipinski definition) is 9. The lowest BCUT2D eigenvalue weighted by Gasteiger charge is -2.30. The molecular formula is C25H56O9. The second kappa shape index (κ2) is 27.2. The van der Waals surface area contributed by atoms with Crippen molar-refractivity contribution in [2.45, 2.75) is 60.3 Å². The van der Waals surface area contributed by atoms with Crippen molar-refractivity contribution in [2.24, 2.45) is 10.8 Å². The molecule has 0 radical (unpaired) electrons. The maximum Gasteiger partial charge on any atom is 0.0945 e. The minimum Gasteiger partial charge on any atom is -0.384 e. The van der Waals surface area contributed by atoms with Crippen molar-refractivity contribution in [3.63, 3.8) is 0 Å². The van der Waals surface area contributed by atoms with Crippen molar-refractivity contribution < 1.29 is 43.2 Å². The van der Waals surface area contributed by atoms with Gasteiger partial charge in [-0.2, -0.15) is 0 Å². The van der Waals surface area contributed by atoms with Crippen molar-refractivity contribution in [1.29, 1.82) is 0 Å². The summed E-state index contributed by atoms with van der Waals surface area (Å²) >= 11 is 0. The van der Waals surface area contributed by atoms with Gasteiger partial charge in [-0.3, -0.25) is 0 Å². The van der Waals surface area contributed by atoms with Gasteiger partial charge in [0.1, 0.15) is 0 Å². The van der Waals surface area contributed by atoms with Crippen LogP contribution in [0.4, 0.5) is 0 Å². The molecule has 9 heteroatoms. The first kappa shape index (κ1) is 38.2. The van der Waals surface area contributed by atoms with Gasteiger partial charge in [0.15, 0.2) is 0 Å². The Balaban J connectivity index is -0.000000550. The van der Waals surface area contributed by atoms with Gasteiger partial charge in [0.25, 0.3) is 0 Å². The van der Waals surface area contributed by atoms with E-state index in [4.69, 9.17) is 43.2 Å². The fourth-order valence-electron chi connectivity index (χ4n) is 3.07. The lowest BCUT2D eigenvalue weighted by molar-refractivity contribution is -0.317. The van der Waals surface area contributed by atoms with Crippen LogP contribution in [-0.2, 0) is 43.2 Å². The van der Waals surface area contributed by atoms with Gasteiger partial charge in [0.05, 0.1) is 64.9 Å². The molecule has 0 aromatic heterocycles. The van der Waals surface area contributed by atoms with Gasteiger partial charge in [-0.15, -0.1) is 0 Å². The molecule has 0 rings (SSSR count). The molecule has 0 saturated carbocycles. The van der Waals surface area contributed by atoms with Crippen molar-refractivity contribution in [1.82, 2.24) is 0 Å². The highest BCUT2D eigenvalue weighted by molar-refractivity contribution is 4.78. The quantitative estimate of drug-likeness (QED) is 0.112. The Labute approximate surface area is 209 Å². The third-order valence-corrected chi connectivity index (χ3v) is 5.06. The van der Waals surface area contributed by atoms with Gasteiger partial charge in [-0.25, -0.2) is 19.6 Å². The number of ether oxygens (including phenoxy) is 5. The summed E-state index contributed by atoms with van der Waals surface area (Å²) in [6, 6.07) is 0. The normalized spacial score (nSPS) is 11.6. The molecule has 0 amide bonds. The van der Waals surface area contributed by atoms with E-state index in [0.29, 0.717) is 59.5 Å². The molecule has 0 atom stereocenters. The van der Waals surface area contributed by atoms with Crippen molar-refractivity contribution >= 4 is 0 Å². The van der Waals surface area contributed by atoms with Crippen molar-refractivity contribution in [3.05, 3.63) is 0 Å². The van der Waals surface area contributed by atoms with E-state index in [0.717, 1.165) is 32.1 Å². The second-order valence-electron chi connectivity index (χ2n) is 8.39. The van der Waals surface area contributed by atoms with Gasteiger partial charge in [-0.1, -0.05) is 41.0 Å². The first-order valence-corrected chi connectivity index (χ1v) is 11.9. The fourth-order valence-corrected chi connectivity index (χ4v) is 3.07. The van der Waals surface area contributed by atoms with Gasteiger partial charge in [-0.05, 0) is 19.3 Å². The summed E-state index contributed by atoms with van der Waals surface area (Å²) < 4.78 is 26.0. The highest BCUT2D eigenvalue weighted by Crippen LogP contribution is 2.23. The van der Waals surface area contributed by atoms with E-state index in [9.17, 15) is 0 Å². The van der Waals surface area contributed by atoms with Crippen LogP contribution < -0.4 is 0 Å². The van der Waals surface area contributed by atoms with E-state index in [-0.39, 0.29) is 18.3 Å². The average molecular weight is 501 g/mol. The van der Waals surface area contributed by atoms with Crippen LogP contribution in [0.2, 0.25) is 0 Å². The highest BCUT2D eigenvalue weighted by Gasteiger charge is 2.32. The van der Waals surface area contributed by atoms with Gasteiger partial charge < -0.3 is 23.7 Å². The Bertz CT molecular complexity index is 360. The van der Waals surface area contributed by atoms with Gasteiger partial charge in [0, 0.05) is 41.0 Å². The van der Waals surface area contributed by atoms with Crippen LogP contribution in [-0.4, -0.2) is 95.0 Å². The summed E-state index contributed by atoms with van der Waals surface area (Å²) in [6.45, 7) is 11.3. The molecule has 0 bridgehead atoms. The van der Waals surface area contributed by atoms with Crippen molar-refractivity contribution in [2.75, 3.05) is 95.0 Å². The first-order chi connectivity index (χ1) is 16.0. The first-order valence-electron chi connectivity index (χ1n) is 11.9. The molecule has 210 valence electrons. The fraction of sp³-hybridized carbons (Fsp3) is 1.00. The molecule has 0 aliphatic heterocycles. The molecule has 0 heterocycles. The van der Waals surface area contributed by atoms with Crippen LogP contribution in [0.5, 0.6) is 0 Å². The number of unbranched alkanes of at least 4 members (excludes halogenated alkanes) is 2. The summed E-state index contributed by atoms with van der Waals surface area (Å²) in [5, 5.41) is 0. The third kappa shape index (κ3) is 19.9. The van der Waals surface area contributed by atoms with Crippen LogP contribution in [0.25, 0.3) is 0 Å².